The number of hydrogen-bond donors (Lipinski definition) is 1. The molecule has 1 atom stereocenters. The molecule has 1 saturated heterocycles. The molecule has 2 N–H and O–H groups in total. The largest absolute Gasteiger partial charge is 0.365 e. The molecule has 0 saturated carbocycles. The number of anilines is 1. The van der Waals surface area contributed by atoms with Gasteiger partial charge in [0.2, 0.25) is 5.91 Å². The van der Waals surface area contributed by atoms with Crippen molar-refractivity contribution in [2.24, 2.45) is 5.73 Å². The molecule has 136 valence electrons. The zero-order valence-electron chi connectivity index (χ0n) is 14.5. The number of carbonyl (C=O) groups is 2. The van der Waals surface area contributed by atoms with Crippen molar-refractivity contribution < 1.29 is 9.59 Å². The predicted octanol–water partition coefficient (Wildman–Crippen LogP) is 3.56. The summed E-state index contributed by atoms with van der Waals surface area (Å²) in [6.45, 7) is 1.99. The average Bonchev–Trinajstić information content (AvgIpc) is 2.92. The number of thioether (sulfide) groups is 1. The van der Waals surface area contributed by atoms with E-state index in [4.69, 9.17) is 17.3 Å². The van der Waals surface area contributed by atoms with E-state index in [1.807, 2.05) is 37.3 Å². The molecule has 0 aromatic heterocycles. The number of primary amides is 1. The van der Waals surface area contributed by atoms with Gasteiger partial charge in [0, 0.05) is 10.7 Å². The fourth-order valence-electron chi connectivity index (χ4n) is 2.88. The van der Waals surface area contributed by atoms with Crippen LogP contribution in [0.25, 0.3) is 0 Å². The van der Waals surface area contributed by atoms with Crippen LogP contribution in [0.5, 0.6) is 0 Å². The Bertz CT molecular complexity index is 979. The van der Waals surface area contributed by atoms with Crippen molar-refractivity contribution in [3.63, 3.8) is 0 Å². The predicted molar refractivity (Wildman–Crippen MR) is 107 cm³/mol. The highest BCUT2D eigenvalue weighted by Gasteiger charge is 2.40. The van der Waals surface area contributed by atoms with E-state index in [0.29, 0.717) is 17.1 Å². The first-order valence-corrected chi connectivity index (χ1v) is 9.42. The molecule has 1 heterocycles. The van der Waals surface area contributed by atoms with Gasteiger partial charge in [-0.3, -0.25) is 14.5 Å². The third-order valence-electron chi connectivity index (χ3n) is 4.11. The summed E-state index contributed by atoms with van der Waals surface area (Å²) in [6.07, 6.45) is 0.482. The summed E-state index contributed by atoms with van der Waals surface area (Å²) in [5.41, 5.74) is 7.78. The number of rotatable bonds is 4. The van der Waals surface area contributed by atoms with Gasteiger partial charge in [-0.25, -0.2) is 0 Å². The van der Waals surface area contributed by atoms with Crippen LogP contribution in [0.15, 0.2) is 59.1 Å². The number of carbonyl (C=O) groups excluding carboxylic acids is 2. The molecule has 0 radical (unpaired) electrons. The van der Waals surface area contributed by atoms with E-state index < -0.39 is 11.2 Å². The maximum atomic E-state index is 13.1. The Kier molecular flexibility index (Phi) is 5.54. The normalized spacial score (nSPS) is 18.3. The number of aryl methyl sites for hydroxylation is 1. The van der Waals surface area contributed by atoms with Gasteiger partial charge in [0.25, 0.3) is 5.91 Å². The fraction of sp³-hybridized carbons (Fsp3) is 0.150. The molecule has 1 fully saturated rings. The highest BCUT2D eigenvalue weighted by atomic mass is 35.5. The van der Waals surface area contributed by atoms with Crippen LogP contribution < -0.4 is 10.6 Å². The third kappa shape index (κ3) is 4.00. The Balaban J connectivity index is 2.03. The van der Waals surface area contributed by atoms with Crippen molar-refractivity contribution in [3.05, 3.63) is 75.3 Å². The first-order valence-electron chi connectivity index (χ1n) is 8.16. The quantitative estimate of drug-likeness (QED) is 0.631. The summed E-state index contributed by atoms with van der Waals surface area (Å²) >= 11 is 7.12. The lowest BCUT2D eigenvalue weighted by Crippen LogP contribution is -2.31. The molecule has 2 aromatic rings. The smallest absolute Gasteiger partial charge is 0.262 e. The van der Waals surface area contributed by atoms with E-state index in [1.54, 1.807) is 24.3 Å². The van der Waals surface area contributed by atoms with E-state index >= 15 is 0 Å². The summed E-state index contributed by atoms with van der Waals surface area (Å²) in [7, 11) is 0. The monoisotopic (exact) mass is 397 g/mol. The van der Waals surface area contributed by atoms with Crippen LogP contribution in [-0.4, -0.2) is 17.1 Å². The van der Waals surface area contributed by atoms with Gasteiger partial charge < -0.3 is 5.73 Å². The molecular formula is C20H16ClN3O2S. The zero-order chi connectivity index (χ0) is 19.6. The Hall–Kier alpha value is -2.75. The molecule has 2 aromatic carbocycles. The van der Waals surface area contributed by atoms with Gasteiger partial charge in [-0.1, -0.05) is 53.2 Å². The summed E-state index contributed by atoms with van der Waals surface area (Å²) in [5, 5.41) is 9.71. The minimum Gasteiger partial charge on any atom is -0.365 e. The van der Waals surface area contributed by atoms with Crippen LogP contribution in [0.1, 0.15) is 11.1 Å². The number of halogens is 1. The molecule has 27 heavy (non-hydrogen) atoms. The highest BCUT2D eigenvalue weighted by Crippen LogP contribution is 2.42. The van der Waals surface area contributed by atoms with Crippen molar-refractivity contribution in [1.29, 1.82) is 5.26 Å². The maximum absolute atomic E-state index is 13.1. The Morgan fingerprint density at radius 2 is 2.00 bits per heavy atom. The Morgan fingerprint density at radius 1 is 1.30 bits per heavy atom. The number of nitrogens with two attached hydrogens (primary N) is 1. The van der Waals surface area contributed by atoms with Crippen molar-refractivity contribution in [2.45, 2.75) is 18.6 Å². The van der Waals surface area contributed by atoms with Crippen LogP contribution in [-0.2, 0) is 16.0 Å². The summed E-state index contributed by atoms with van der Waals surface area (Å²) < 4.78 is 0. The second-order valence-electron chi connectivity index (χ2n) is 6.11. The van der Waals surface area contributed by atoms with Crippen LogP contribution in [0, 0.1) is 18.3 Å². The minimum atomic E-state index is -0.858. The average molecular weight is 398 g/mol. The van der Waals surface area contributed by atoms with Crippen LogP contribution in [0.4, 0.5) is 5.69 Å². The fourth-order valence-corrected chi connectivity index (χ4v) is 4.32. The van der Waals surface area contributed by atoms with E-state index in [9.17, 15) is 14.9 Å². The van der Waals surface area contributed by atoms with Gasteiger partial charge in [-0.2, -0.15) is 5.26 Å². The van der Waals surface area contributed by atoms with E-state index in [1.165, 1.54) is 16.7 Å². The molecule has 1 aliphatic heterocycles. The van der Waals surface area contributed by atoms with Gasteiger partial charge in [-0.15, -0.1) is 0 Å². The van der Waals surface area contributed by atoms with Crippen LogP contribution >= 0.6 is 23.4 Å². The molecular weight excluding hydrogens is 382 g/mol. The molecule has 5 nitrogen and oxygen atoms in total. The van der Waals surface area contributed by atoms with E-state index in [2.05, 4.69) is 0 Å². The van der Waals surface area contributed by atoms with Gasteiger partial charge >= 0.3 is 0 Å². The van der Waals surface area contributed by atoms with Crippen molar-refractivity contribution >= 4 is 40.9 Å². The standard InChI is InChI=1S/C20H16ClN3O2S/c1-12-3-2-4-13(9-12)10-17-19(26)24(15-7-5-14(21)6-8-15)20(27-17)16(11-22)18(23)25/h2-9,17H,10H2,1H3,(H2,23,25). The molecule has 1 aliphatic rings. The molecule has 3 rings (SSSR count). The Labute approximate surface area is 166 Å². The van der Waals surface area contributed by atoms with Gasteiger partial charge in [0.1, 0.15) is 16.7 Å². The van der Waals surface area contributed by atoms with E-state index in [-0.39, 0.29) is 16.5 Å². The molecule has 0 spiro atoms. The van der Waals surface area contributed by atoms with Crippen LogP contribution in [0.2, 0.25) is 5.02 Å². The second kappa shape index (κ2) is 7.87. The maximum Gasteiger partial charge on any atom is 0.262 e. The molecule has 0 bridgehead atoms. The summed E-state index contributed by atoms with van der Waals surface area (Å²) in [4.78, 5) is 26.2. The van der Waals surface area contributed by atoms with Crippen molar-refractivity contribution in [2.75, 3.05) is 4.90 Å². The highest BCUT2D eigenvalue weighted by molar-refractivity contribution is 8.05. The van der Waals surface area contributed by atoms with Gasteiger partial charge in [0.05, 0.1) is 5.25 Å². The molecule has 7 heteroatoms. The Morgan fingerprint density at radius 3 is 2.59 bits per heavy atom. The molecule has 2 amide bonds. The zero-order valence-corrected chi connectivity index (χ0v) is 16.1. The lowest BCUT2D eigenvalue weighted by atomic mass is 10.1. The SMILES string of the molecule is Cc1cccc(CC2SC(=C(C#N)C(N)=O)N(c3ccc(Cl)cc3)C2=O)c1. The van der Waals surface area contributed by atoms with Gasteiger partial charge in [0.15, 0.2) is 0 Å². The molecule has 1 unspecified atom stereocenters. The van der Waals surface area contributed by atoms with Gasteiger partial charge in [-0.05, 0) is 43.2 Å². The van der Waals surface area contributed by atoms with Crippen LogP contribution in [0.3, 0.4) is 0 Å². The third-order valence-corrected chi connectivity index (χ3v) is 5.63. The lowest BCUT2D eigenvalue weighted by molar-refractivity contribution is -0.117. The second-order valence-corrected chi connectivity index (χ2v) is 7.73. The topological polar surface area (TPSA) is 87.2 Å². The summed E-state index contributed by atoms with van der Waals surface area (Å²) in [6, 6.07) is 16.4. The first-order chi connectivity index (χ1) is 12.9. The number of nitriles is 1. The first kappa shape index (κ1) is 19.0. The lowest BCUT2D eigenvalue weighted by Gasteiger charge is -2.18. The number of amides is 2. The number of benzene rings is 2. The van der Waals surface area contributed by atoms with E-state index in [0.717, 1.165) is 11.1 Å². The molecule has 0 aliphatic carbocycles. The van der Waals surface area contributed by atoms with Crippen molar-refractivity contribution in [1.82, 2.24) is 0 Å². The number of nitrogens with zero attached hydrogens (tertiary/aromatic N) is 2. The van der Waals surface area contributed by atoms with Crippen molar-refractivity contribution in [3.8, 4) is 6.07 Å². The number of hydrogen-bond acceptors (Lipinski definition) is 4. The minimum absolute atomic E-state index is 0.201. The summed E-state index contributed by atoms with van der Waals surface area (Å²) in [5.74, 6) is -1.06.